The summed E-state index contributed by atoms with van der Waals surface area (Å²) in [6.45, 7) is 17.2. The normalized spacial score (nSPS) is 29.9. The third kappa shape index (κ3) is 14.6. The molecule has 0 bridgehead atoms. The molecule has 56 heavy (non-hydrogen) atoms. The first-order valence-electron chi connectivity index (χ1n) is 25.7. The van der Waals surface area contributed by atoms with Gasteiger partial charge < -0.3 is 4.74 Å². The zero-order valence-corrected chi connectivity index (χ0v) is 38.8. The molecular weight excluding hydrogens is 681 g/mol. The van der Waals surface area contributed by atoms with Crippen molar-refractivity contribution in [2.75, 3.05) is 0 Å². The maximum Gasteiger partial charge on any atom is 0.306 e. The van der Waals surface area contributed by atoms with Gasteiger partial charge in [-0.05, 0) is 104 Å². The zero-order valence-electron chi connectivity index (χ0n) is 38.8. The lowest BCUT2D eigenvalue weighted by Gasteiger charge is -2.58. The fraction of sp³-hybridized carbons (Fsp3) is 0.907. The van der Waals surface area contributed by atoms with Gasteiger partial charge in [0.25, 0.3) is 0 Å². The fourth-order valence-electron chi connectivity index (χ4n) is 12.6. The van der Waals surface area contributed by atoms with E-state index in [1.54, 1.807) is 5.57 Å². The van der Waals surface area contributed by atoms with Crippen molar-refractivity contribution in [1.29, 1.82) is 0 Å². The lowest BCUT2D eigenvalue weighted by molar-refractivity contribution is -0.151. The van der Waals surface area contributed by atoms with Crippen molar-refractivity contribution in [3.63, 3.8) is 0 Å². The van der Waals surface area contributed by atoms with Gasteiger partial charge in [0.2, 0.25) is 0 Å². The van der Waals surface area contributed by atoms with Crippen molar-refractivity contribution in [2.45, 2.75) is 260 Å². The summed E-state index contributed by atoms with van der Waals surface area (Å²) in [4.78, 5) is 12.9. The molecule has 0 aliphatic heterocycles. The Bertz CT molecular complexity index is 1130. The van der Waals surface area contributed by atoms with E-state index in [2.05, 4.69) is 66.7 Å². The number of esters is 1. The number of fused-ring (bicyclic) bond motifs is 5. The molecule has 9 atom stereocenters. The highest BCUT2D eigenvalue weighted by Gasteiger charge is 2.59. The lowest BCUT2D eigenvalue weighted by Crippen LogP contribution is -2.51. The summed E-state index contributed by atoms with van der Waals surface area (Å²) >= 11 is 0. The van der Waals surface area contributed by atoms with Gasteiger partial charge in [-0.2, -0.15) is 0 Å². The Morgan fingerprint density at radius 3 is 1.70 bits per heavy atom. The number of allylic oxidation sites excluding steroid dienone is 3. The third-order valence-corrected chi connectivity index (χ3v) is 16.8. The summed E-state index contributed by atoms with van der Waals surface area (Å²) in [5.41, 5.74) is 2.44. The van der Waals surface area contributed by atoms with E-state index >= 15 is 0 Å². The quantitative estimate of drug-likeness (QED) is 0.0430. The first kappa shape index (κ1) is 47.6. The van der Waals surface area contributed by atoms with Crippen LogP contribution in [0.4, 0.5) is 0 Å². The van der Waals surface area contributed by atoms with E-state index in [9.17, 15) is 4.79 Å². The average Bonchev–Trinajstić information content (AvgIpc) is 3.54. The van der Waals surface area contributed by atoms with E-state index in [0.717, 1.165) is 48.9 Å². The van der Waals surface area contributed by atoms with Gasteiger partial charge in [0.1, 0.15) is 6.10 Å². The van der Waals surface area contributed by atoms with Crippen LogP contribution in [-0.4, -0.2) is 12.1 Å². The van der Waals surface area contributed by atoms with Crippen molar-refractivity contribution in [2.24, 2.45) is 52.3 Å². The van der Waals surface area contributed by atoms with E-state index in [1.807, 2.05) is 0 Å². The van der Waals surface area contributed by atoms with Crippen molar-refractivity contribution >= 4 is 5.97 Å². The molecule has 0 aromatic heterocycles. The van der Waals surface area contributed by atoms with E-state index < -0.39 is 0 Å². The van der Waals surface area contributed by atoms with E-state index in [0.29, 0.717) is 29.1 Å². The Hall–Kier alpha value is -1.05. The van der Waals surface area contributed by atoms with Gasteiger partial charge >= 0.3 is 5.97 Å². The second-order valence-corrected chi connectivity index (χ2v) is 21.2. The number of hydrogen-bond acceptors (Lipinski definition) is 2. The summed E-state index contributed by atoms with van der Waals surface area (Å²) < 4.78 is 6.16. The van der Waals surface area contributed by atoms with E-state index in [4.69, 9.17) is 4.74 Å². The first-order valence-corrected chi connectivity index (χ1v) is 25.7. The molecule has 4 rings (SSSR count). The summed E-state index contributed by atoms with van der Waals surface area (Å²) in [5.74, 6) is 5.49. The van der Waals surface area contributed by atoms with Crippen LogP contribution < -0.4 is 0 Å². The molecule has 4 aliphatic rings. The van der Waals surface area contributed by atoms with Crippen LogP contribution in [0.25, 0.3) is 0 Å². The average molecular weight is 777 g/mol. The molecule has 0 spiro atoms. The number of carbonyl (C=O) groups is 1. The number of ether oxygens (including phenoxy) is 1. The molecule has 0 aromatic carbocycles. The van der Waals surface area contributed by atoms with Crippen LogP contribution >= 0.6 is 0 Å². The number of carbonyl (C=O) groups excluding carboxylic acids is 1. The Morgan fingerprint density at radius 1 is 0.661 bits per heavy atom. The topological polar surface area (TPSA) is 26.3 Å². The van der Waals surface area contributed by atoms with Crippen LogP contribution in [0.3, 0.4) is 0 Å². The van der Waals surface area contributed by atoms with Crippen LogP contribution in [-0.2, 0) is 9.53 Å². The van der Waals surface area contributed by atoms with E-state index in [1.165, 1.54) is 180 Å². The van der Waals surface area contributed by atoms with Gasteiger partial charge in [0.15, 0.2) is 0 Å². The molecule has 2 heteroatoms. The van der Waals surface area contributed by atoms with Crippen LogP contribution in [0.1, 0.15) is 254 Å². The second-order valence-electron chi connectivity index (χ2n) is 21.2. The van der Waals surface area contributed by atoms with Crippen molar-refractivity contribution in [3.8, 4) is 0 Å². The Labute approximate surface area is 350 Å². The van der Waals surface area contributed by atoms with Gasteiger partial charge in [0.05, 0.1) is 0 Å². The predicted octanol–water partition coefficient (Wildman–Crippen LogP) is 17.3. The number of hydrogen-bond donors (Lipinski definition) is 0. The summed E-state index contributed by atoms with van der Waals surface area (Å²) in [5, 5.41) is 0. The predicted molar refractivity (Wildman–Crippen MR) is 244 cm³/mol. The molecule has 4 aliphatic carbocycles. The maximum atomic E-state index is 12.9. The highest BCUT2D eigenvalue weighted by atomic mass is 16.5. The molecular formula is C54H96O2. The SMILES string of the molecule is CCCCCCCCCCCCCCCCCCCCCCCCCC(=O)OC1CCC2(C)C(=CCC3C2CCC2(C)C(C(C)/C=C/C(C)C(C)C)CCC32)C1. The molecule has 9 unspecified atom stereocenters. The minimum Gasteiger partial charge on any atom is -0.462 e. The summed E-state index contributed by atoms with van der Waals surface area (Å²) in [6.07, 6.45) is 50.8. The molecule has 3 fully saturated rings. The van der Waals surface area contributed by atoms with Crippen molar-refractivity contribution in [3.05, 3.63) is 23.8 Å². The van der Waals surface area contributed by atoms with Crippen LogP contribution in [0.5, 0.6) is 0 Å². The fourth-order valence-corrected chi connectivity index (χ4v) is 12.6. The molecule has 0 aromatic rings. The number of unbranched alkanes of at least 4 members (excludes halogenated alkanes) is 22. The van der Waals surface area contributed by atoms with Gasteiger partial charge in [-0.3, -0.25) is 4.79 Å². The van der Waals surface area contributed by atoms with Gasteiger partial charge in [-0.1, -0.05) is 214 Å². The Balaban J connectivity index is 0.993. The summed E-state index contributed by atoms with van der Waals surface area (Å²) in [7, 11) is 0. The highest BCUT2D eigenvalue weighted by Crippen LogP contribution is 2.67. The van der Waals surface area contributed by atoms with Crippen LogP contribution in [0.15, 0.2) is 23.8 Å². The standard InChI is InChI=1S/C54H96O2/c1-8-9-10-11-12-13-14-15-16-17-18-19-20-21-22-23-24-25-26-27-28-29-30-31-52(55)56-47-38-40-53(6)46(42-47)34-35-48-50-37-36-49(54(50,7)41-39-51(48)53)45(5)33-32-44(4)43(2)3/h32-34,43-45,47-51H,8-31,35-42H2,1-7H3/b33-32+. The van der Waals surface area contributed by atoms with Gasteiger partial charge in [0, 0.05) is 12.8 Å². The first-order chi connectivity index (χ1) is 27.1. The minimum absolute atomic E-state index is 0.0628. The van der Waals surface area contributed by atoms with Crippen LogP contribution in [0.2, 0.25) is 0 Å². The maximum absolute atomic E-state index is 12.9. The van der Waals surface area contributed by atoms with Crippen molar-refractivity contribution < 1.29 is 9.53 Å². The number of rotatable bonds is 29. The molecule has 324 valence electrons. The molecule has 0 amide bonds. The zero-order chi connectivity index (χ0) is 40.2. The van der Waals surface area contributed by atoms with Crippen molar-refractivity contribution in [1.82, 2.24) is 0 Å². The molecule has 0 radical (unpaired) electrons. The molecule has 2 nitrogen and oxygen atoms in total. The monoisotopic (exact) mass is 777 g/mol. The van der Waals surface area contributed by atoms with Crippen LogP contribution in [0, 0.1) is 52.3 Å². The highest BCUT2D eigenvalue weighted by molar-refractivity contribution is 5.69. The largest absolute Gasteiger partial charge is 0.462 e. The molecule has 3 saturated carbocycles. The third-order valence-electron chi connectivity index (χ3n) is 16.8. The molecule has 0 heterocycles. The smallest absolute Gasteiger partial charge is 0.306 e. The van der Waals surface area contributed by atoms with Gasteiger partial charge in [-0.25, -0.2) is 0 Å². The summed E-state index contributed by atoms with van der Waals surface area (Å²) in [6, 6.07) is 0. The van der Waals surface area contributed by atoms with Gasteiger partial charge in [-0.15, -0.1) is 0 Å². The minimum atomic E-state index is 0.0628. The van der Waals surface area contributed by atoms with E-state index in [-0.39, 0.29) is 12.1 Å². The molecule has 0 saturated heterocycles. The Kier molecular flexibility index (Phi) is 21.7. The second kappa shape index (κ2) is 25.5. The molecule has 0 N–H and O–H groups in total. The lowest BCUT2D eigenvalue weighted by atomic mass is 9.47. The Morgan fingerprint density at radius 2 is 1.18 bits per heavy atom.